The number of benzene rings is 1. The monoisotopic (exact) mass is 492 g/mol. The van der Waals surface area contributed by atoms with Crippen molar-refractivity contribution in [3.63, 3.8) is 0 Å². The van der Waals surface area contributed by atoms with Crippen molar-refractivity contribution in [2.24, 2.45) is 11.3 Å². The molecule has 182 valence electrons. The zero-order chi connectivity index (χ0) is 23.9. The fraction of sp³-hybridized carbons (Fsp3) is 0.583. The summed E-state index contributed by atoms with van der Waals surface area (Å²) >= 11 is 6.61. The summed E-state index contributed by atoms with van der Waals surface area (Å²) in [5, 5.41) is 15.4. The van der Waals surface area contributed by atoms with Gasteiger partial charge in [-0.3, -0.25) is 9.69 Å². The Hall–Kier alpha value is -2.07. The molecule has 0 bridgehead atoms. The predicted molar refractivity (Wildman–Crippen MR) is 125 cm³/mol. The van der Waals surface area contributed by atoms with E-state index < -0.39 is 23.4 Å². The van der Waals surface area contributed by atoms with Crippen LogP contribution in [0.3, 0.4) is 0 Å². The van der Waals surface area contributed by atoms with E-state index in [-0.39, 0.29) is 24.3 Å². The van der Waals surface area contributed by atoms with E-state index in [1.807, 2.05) is 19.1 Å². The second-order valence-corrected chi connectivity index (χ2v) is 10.8. The van der Waals surface area contributed by atoms with Crippen molar-refractivity contribution in [1.82, 2.24) is 9.88 Å². The van der Waals surface area contributed by atoms with Crippen LogP contribution in [0.2, 0.25) is 5.02 Å². The average Bonchev–Trinajstić information content (AvgIpc) is 3.62. The van der Waals surface area contributed by atoms with E-state index >= 15 is 0 Å². The van der Waals surface area contributed by atoms with Crippen LogP contribution < -0.4 is 10.2 Å². The van der Waals surface area contributed by atoms with Crippen molar-refractivity contribution in [3.05, 3.63) is 29.4 Å². The Morgan fingerprint density at radius 3 is 2.59 bits per heavy atom. The quantitative estimate of drug-likeness (QED) is 0.683. The van der Waals surface area contributed by atoms with Crippen LogP contribution in [-0.4, -0.2) is 77.9 Å². The van der Waals surface area contributed by atoms with Crippen molar-refractivity contribution in [3.8, 4) is 0 Å². The maximum Gasteiger partial charge on any atom is 0.255 e. The highest BCUT2D eigenvalue weighted by Crippen LogP contribution is 2.79. The number of ether oxygens (including phenoxy) is 1. The molecule has 1 spiro atoms. The lowest BCUT2D eigenvalue weighted by Gasteiger charge is -2.45. The van der Waals surface area contributed by atoms with E-state index in [4.69, 9.17) is 16.3 Å². The maximum atomic E-state index is 13.5. The Bertz CT molecular complexity index is 1170. The topological polar surface area (TPSA) is 77.9 Å². The number of halogens is 3. The molecule has 2 aliphatic heterocycles. The number of amides is 1. The zero-order valence-corrected chi connectivity index (χ0v) is 19.6. The van der Waals surface area contributed by atoms with Crippen LogP contribution in [0.1, 0.15) is 19.8 Å². The van der Waals surface area contributed by atoms with Gasteiger partial charge in [0.05, 0.1) is 46.9 Å². The second-order valence-electron chi connectivity index (χ2n) is 10.4. The highest BCUT2D eigenvalue weighted by Gasteiger charge is 2.85. The number of hydrogen-bond donors (Lipinski definition) is 2. The number of aliphatic hydroxyl groups is 1. The molecule has 1 aromatic heterocycles. The molecule has 3 heterocycles. The molecule has 2 N–H and O–H groups in total. The predicted octanol–water partition coefficient (Wildman–Crippen LogP) is 3.14. The molecule has 2 aromatic rings. The van der Waals surface area contributed by atoms with Gasteiger partial charge in [-0.1, -0.05) is 11.6 Å². The van der Waals surface area contributed by atoms with Crippen LogP contribution in [0, 0.1) is 11.3 Å². The molecule has 4 atom stereocenters. The van der Waals surface area contributed by atoms with Gasteiger partial charge in [0, 0.05) is 44.2 Å². The van der Waals surface area contributed by atoms with E-state index in [9.17, 15) is 18.7 Å². The first-order chi connectivity index (χ1) is 16.1. The highest BCUT2D eigenvalue weighted by atomic mass is 35.5. The van der Waals surface area contributed by atoms with Crippen LogP contribution in [0.15, 0.2) is 24.4 Å². The minimum atomic E-state index is -2.71. The molecule has 1 amide bonds. The van der Waals surface area contributed by atoms with Gasteiger partial charge in [0.2, 0.25) is 5.91 Å². The third-order valence-corrected chi connectivity index (χ3v) is 8.60. The van der Waals surface area contributed by atoms with Crippen LogP contribution in [0.25, 0.3) is 10.8 Å². The standard InChI is InChI=1S/C24H27ClF2N4O3/c1-22(13-34-11-19(22)32)31-4-2-30(3-5-31)18-7-14-8-20(28-10-15(14)6-17(18)25)29-21(33)16-9-23(16)12-24(23,26)27/h6-8,10,16,19,32H,2-5,9,11-13H2,1H3,(H,28,29,33). The first-order valence-corrected chi connectivity index (χ1v) is 12.0. The minimum absolute atomic E-state index is 0.191. The second kappa shape index (κ2) is 7.46. The van der Waals surface area contributed by atoms with Gasteiger partial charge in [-0.2, -0.15) is 0 Å². The lowest BCUT2D eigenvalue weighted by Crippen LogP contribution is -2.60. The van der Waals surface area contributed by atoms with E-state index in [2.05, 4.69) is 20.1 Å². The first-order valence-electron chi connectivity index (χ1n) is 11.7. The molecule has 0 radical (unpaired) electrons. The fourth-order valence-corrected chi connectivity index (χ4v) is 5.98. The Kier molecular flexibility index (Phi) is 4.92. The fourth-order valence-electron chi connectivity index (χ4n) is 5.69. The number of anilines is 2. The van der Waals surface area contributed by atoms with E-state index in [1.165, 1.54) is 0 Å². The summed E-state index contributed by atoms with van der Waals surface area (Å²) in [5.74, 6) is -3.38. The Labute approximate surface area is 201 Å². The number of pyridine rings is 1. The molecule has 4 unspecified atom stereocenters. The number of nitrogens with one attached hydrogen (secondary N) is 1. The summed E-state index contributed by atoms with van der Waals surface area (Å²) < 4.78 is 32.5. The number of aliphatic hydroxyl groups excluding tert-OH is 1. The molecule has 2 saturated carbocycles. The van der Waals surface area contributed by atoms with Crippen molar-refractivity contribution in [1.29, 1.82) is 0 Å². The van der Waals surface area contributed by atoms with Gasteiger partial charge in [0.1, 0.15) is 5.82 Å². The van der Waals surface area contributed by atoms with Gasteiger partial charge < -0.3 is 20.1 Å². The molecular weight excluding hydrogens is 466 g/mol. The Balaban J connectivity index is 1.17. The van der Waals surface area contributed by atoms with Crippen molar-refractivity contribution in [2.45, 2.75) is 37.3 Å². The van der Waals surface area contributed by atoms with Crippen LogP contribution >= 0.6 is 11.6 Å². The number of fused-ring (bicyclic) bond motifs is 1. The summed E-state index contributed by atoms with van der Waals surface area (Å²) in [6.07, 6.45) is 1.19. The number of alkyl halides is 2. The SMILES string of the molecule is CC1(N2CCN(c3cc4cc(NC(=O)C5CC56CC6(F)F)ncc4cc3Cl)CC2)COCC1O. The lowest BCUT2D eigenvalue weighted by atomic mass is 9.95. The van der Waals surface area contributed by atoms with Gasteiger partial charge >= 0.3 is 0 Å². The molecule has 34 heavy (non-hydrogen) atoms. The average molecular weight is 493 g/mol. The number of rotatable bonds is 4. The molecule has 4 aliphatic rings. The molecular formula is C24H27ClF2N4O3. The van der Waals surface area contributed by atoms with Crippen LogP contribution in [0.4, 0.5) is 20.3 Å². The Morgan fingerprint density at radius 1 is 1.24 bits per heavy atom. The van der Waals surface area contributed by atoms with Gasteiger partial charge in [-0.15, -0.1) is 0 Å². The third kappa shape index (κ3) is 3.39. The molecule has 2 saturated heterocycles. The molecule has 4 fully saturated rings. The van der Waals surface area contributed by atoms with Crippen LogP contribution in [-0.2, 0) is 9.53 Å². The molecule has 6 rings (SSSR count). The number of nitrogens with zero attached hydrogens (tertiary/aromatic N) is 3. The number of carbonyl (C=O) groups excluding carboxylic acids is 1. The zero-order valence-electron chi connectivity index (χ0n) is 18.9. The molecule has 2 aliphatic carbocycles. The van der Waals surface area contributed by atoms with Gasteiger partial charge in [-0.25, -0.2) is 13.8 Å². The largest absolute Gasteiger partial charge is 0.389 e. The third-order valence-electron chi connectivity index (χ3n) is 8.30. The first kappa shape index (κ1) is 22.4. The summed E-state index contributed by atoms with van der Waals surface area (Å²) in [6, 6.07) is 5.60. The summed E-state index contributed by atoms with van der Waals surface area (Å²) in [6.45, 7) is 5.98. The highest BCUT2D eigenvalue weighted by molar-refractivity contribution is 6.34. The van der Waals surface area contributed by atoms with Gasteiger partial charge in [0.25, 0.3) is 5.92 Å². The van der Waals surface area contributed by atoms with Crippen molar-refractivity contribution < 1.29 is 23.4 Å². The number of hydrogen-bond acceptors (Lipinski definition) is 6. The molecule has 10 heteroatoms. The van der Waals surface area contributed by atoms with Crippen molar-refractivity contribution >= 4 is 39.8 Å². The number of piperazine rings is 1. The van der Waals surface area contributed by atoms with Gasteiger partial charge in [0.15, 0.2) is 0 Å². The summed E-state index contributed by atoms with van der Waals surface area (Å²) in [5.41, 5.74) is -0.582. The van der Waals surface area contributed by atoms with Crippen molar-refractivity contribution in [2.75, 3.05) is 49.6 Å². The summed E-state index contributed by atoms with van der Waals surface area (Å²) in [7, 11) is 0. The minimum Gasteiger partial charge on any atom is -0.389 e. The maximum absolute atomic E-state index is 13.5. The van der Waals surface area contributed by atoms with E-state index in [0.29, 0.717) is 24.1 Å². The van der Waals surface area contributed by atoms with E-state index in [0.717, 1.165) is 42.6 Å². The van der Waals surface area contributed by atoms with E-state index in [1.54, 1.807) is 12.3 Å². The van der Waals surface area contributed by atoms with Crippen LogP contribution in [0.5, 0.6) is 0 Å². The molecule has 1 aromatic carbocycles. The van der Waals surface area contributed by atoms with Gasteiger partial charge in [-0.05, 0) is 36.9 Å². The lowest BCUT2D eigenvalue weighted by molar-refractivity contribution is -0.118. The number of carbonyl (C=O) groups is 1. The smallest absolute Gasteiger partial charge is 0.255 e. The normalized spacial score (nSPS) is 34.6. The Morgan fingerprint density at radius 2 is 1.97 bits per heavy atom. The summed E-state index contributed by atoms with van der Waals surface area (Å²) in [4.78, 5) is 21.2. The number of aromatic nitrogens is 1. The molecule has 7 nitrogen and oxygen atoms in total.